The highest BCUT2D eigenvalue weighted by atomic mass is 19.1. The van der Waals surface area contributed by atoms with Crippen molar-refractivity contribution in [2.75, 3.05) is 0 Å². The van der Waals surface area contributed by atoms with Gasteiger partial charge in [0.25, 0.3) is 0 Å². The van der Waals surface area contributed by atoms with Gasteiger partial charge in [0, 0.05) is 0 Å². The molecule has 0 unspecified atom stereocenters. The van der Waals surface area contributed by atoms with Crippen molar-refractivity contribution in [2.45, 2.75) is 20.0 Å². The Labute approximate surface area is 72.2 Å². The highest BCUT2D eigenvalue weighted by Gasteiger charge is 2.04. The first-order chi connectivity index (χ1) is 5.59. The molecule has 1 radical (unpaired) electrons. The average Bonchev–Trinajstić information content (AvgIpc) is 1.94. The van der Waals surface area contributed by atoms with Crippen LogP contribution in [0.15, 0.2) is 18.2 Å². The summed E-state index contributed by atoms with van der Waals surface area (Å²) in [5.74, 6) is -0.0615. The highest BCUT2D eigenvalue weighted by molar-refractivity contribution is 5.30. The van der Waals surface area contributed by atoms with E-state index in [1.54, 1.807) is 12.1 Å². The summed E-state index contributed by atoms with van der Waals surface area (Å²) in [6, 6.07) is 4.68. The quantitative estimate of drug-likeness (QED) is 0.658. The van der Waals surface area contributed by atoms with Crippen LogP contribution in [-0.2, 0) is 0 Å². The van der Waals surface area contributed by atoms with Gasteiger partial charge >= 0.3 is 0 Å². The Kier molecular flexibility index (Phi) is 2.69. The standard InChI is InChI=1S/C10H12FO/c1-7(2)12-10-5-4-8(3)6-9(10)11/h4-7H,3H2,1-2H3. The molecule has 0 aliphatic heterocycles. The summed E-state index contributed by atoms with van der Waals surface area (Å²) < 4.78 is 18.2. The molecular weight excluding hydrogens is 155 g/mol. The van der Waals surface area contributed by atoms with Crippen molar-refractivity contribution in [2.24, 2.45) is 0 Å². The zero-order valence-corrected chi connectivity index (χ0v) is 7.30. The molecule has 1 rings (SSSR count). The predicted octanol–water partition coefficient (Wildman–Crippen LogP) is 2.80. The van der Waals surface area contributed by atoms with Gasteiger partial charge in [0.1, 0.15) is 0 Å². The SMILES string of the molecule is [CH2]c1ccc(OC(C)C)c(F)c1. The third-order valence-electron chi connectivity index (χ3n) is 1.36. The Bertz CT molecular complexity index is 269. The number of halogens is 1. The van der Waals surface area contributed by atoms with Gasteiger partial charge in [-0.2, -0.15) is 0 Å². The summed E-state index contributed by atoms with van der Waals surface area (Å²) in [6.07, 6.45) is -0.00448. The van der Waals surface area contributed by atoms with Crippen molar-refractivity contribution in [1.82, 2.24) is 0 Å². The fourth-order valence-electron chi connectivity index (χ4n) is 0.894. The number of ether oxygens (including phenoxy) is 1. The van der Waals surface area contributed by atoms with E-state index in [4.69, 9.17) is 4.74 Å². The smallest absolute Gasteiger partial charge is 0.165 e. The van der Waals surface area contributed by atoms with E-state index in [0.717, 1.165) is 0 Å². The van der Waals surface area contributed by atoms with E-state index >= 15 is 0 Å². The minimum atomic E-state index is -0.351. The molecule has 0 spiro atoms. The van der Waals surface area contributed by atoms with E-state index in [9.17, 15) is 4.39 Å². The lowest BCUT2D eigenvalue weighted by molar-refractivity contribution is 0.231. The van der Waals surface area contributed by atoms with Crippen LogP contribution in [0.3, 0.4) is 0 Å². The Morgan fingerprint density at radius 1 is 1.42 bits per heavy atom. The maximum Gasteiger partial charge on any atom is 0.165 e. The Morgan fingerprint density at radius 3 is 2.58 bits per heavy atom. The second kappa shape index (κ2) is 3.57. The molecule has 0 bridgehead atoms. The van der Waals surface area contributed by atoms with Crippen LogP contribution in [0, 0.1) is 12.7 Å². The maximum absolute atomic E-state index is 13.0. The van der Waals surface area contributed by atoms with Crippen LogP contribution in [-0.4, -0.2) is 6.10 Å². The zero-order chi connectivity index (χ0) is 9.14. The van der Waals surface area contributed by atoms with Crippen molar-refractivity contribution in [1.29, 1.82) is 0 Å². The molecule has 1 aromatic carbocycles. The fraction of sp³-hybridized carbons (Fsp3) is 0.300. The topological polar surface area (TPSA) is 9.23 Å². The molecule has 2 heteroatoms. The molecule has 1 nitrogen and oxygen atoms in total. The van der Waals surface area contributed by atoms with Crippen molar-refractivity contribution >= 4 is 0 Å². The first-order valence-electron chi connectivity index (χ1n) is 3.88. The number of hydrogen-bond donors (Lipinski definition) is 0. The normalized spacial score (nSPS) is 10.4. The number of rotatable bonds is 2. The summed E-state index contributed by atoms with van der Waals surface area (Å²) in [6.45, 7) is 7.32. The average molecular weight is 167 g/mol. The Hall–Kier alpha value is -1.05. The fourth-order valence-corrected chi connectivity index (χ4v) is 0.894. The largest absolute Gasteiger partial charge is 0.488 e. The molecule has 0 amide bonds. The van der Waals surface area contributed by atoms with Crippen LogP contribution in [0.1, 0.15) is 19.4 Å². The van der Waals surface area contributed by atoms with Gasteiger partial charge in [0.05, 0.1) is 6.10 Å². The first kappa shape index (κ1) is 9.04. The molecule has 0 N–H and O–H groups in total. The lowest BCUT2D eigenvalue weighted by atomic mass is 10.2. The molecule has 0 heterocycles. The van der Waals surface area contributed by atoms with Crippen molar-refractivity contribution in [3.8, 4) is 5.75 Å². The van der Waals surface area contributed by atoms with Gasteiger partial charge in [-0.05, 0) is 38.5 Å². The van der Waals surface area contributed by atoms with Gasteiger partial charge in [-0.3, -0.25) is 0 Å². The molecule has 0 aliphatic rings. The molecule has 12 heavy (non-hydrogen) atoms. The Balaban J connectivity index is 2.86. The molecule has 1 aromatic rings. The van der Waals surface area contributed by atoms with Crippen LogP contribution in [0.4, 0.5) is 4.39 Å². The molecule has 0 atom stereocenters. The molecule has 0 fully saturated rings. The summed E-state index contributed by atoms with van der Waals surface area (Å²) in [4.78, 5) is 0. The van der Waals surface area contributed by atoms with E-state index < -0.39 is 0 Å². The maximum atomic E-state index is 13.0. The minimum absolute atomic E-state index is 0.00448. The van der Waals surface area contributed by atoms with Gasteiger partial charge in [-0.15, -0.1) is 0 Å². The summed E-state index contributed by atoms with van der Waals surface area (Å²) in [5, 5.41) is 0. The van der Waals surface area contributed by atoms with Crippen LogP contribution in [0.2, 0.25) is 0 Å². The van der Waals surface area contributed by atoms with Gasteiger partial charge in [-0.1, -0.05) is 6.07 Å². The van der Waals surface area contributed by atoms with E-state index in [1.807, 2.05) is 13.8 Å². The number of hydrogen-bond acceptors (Lipinski definition) is 1. The second-order valence-corrected chi connectivity index (χ2v) is 2.93. The molecule has 0 aliphatic carbocycles. The Morgan fingerprint density at radius 2 is 2.08 bits per heavy atom. The third-order valence-corrected chi connectivity index (χ3v) is 1.36. The van der Waals surface area contributed by atoms with E-state index in [0.29, 0.717) is 5.56 Å². The molecule has 0 aromatic heterocycles. The van der Waals surface area contributed by atoms with Gasteiger partial charge in [0.2, 0.25) is 0 Å². The lowest BCUT2D eigenvalue weighted by Gasteiger charge is -2.10. The van der Waals surface area contributed by atoms with Crippen LogP contribution in [0.5, 0.6) is 5.75 Å². The van der Waals surface area contributed by atoms with Crippen LogP contribution in [0.25, 0.3) is 0 Å². The van der Waals surface area contributed by atoms with E-state index in [2.05, 4.69) is 6.92 Å². The summed E-state index contributed by atoms with van der Waals surface area (Å²) in [5.41, 5.74) is 0.656. The van der Waals surface area contributed by atoms with Crippen LogP contribution >= 0.6 is 0 Å². The lowest BCUT2D eigenvalue weighted by Crippen LogP contribution is -2.06. The zero-order valence-electron chi connectivity index (χ0n) is 7.30. The summed E-state index contributed by atoms with van der Waals surface area (Å²) >= 11 is 0. The van der Waals surface area contributed by atoms with E-state index in [1.165, 1.54) is 6.07 Å². The van der Waals surface area contributed by atoms with Gasteiger partial charge in [0.15, 0.2) is 11.6 Å². The summed E-state index contributed by atoms with van der Waals surface area (Å²) in [7, 11) is 0. The van der Waals surface area contributed by atoms with Crippen molar-refractivity contribution < 1.29 is 9.13 Å². The third kappa shape index (κ3) is 2.22. The second-order valence-electron chi connectivity index (χ2n) is 2.93. The van der Waals surface area contributed by atoms with Gasteiger partial charge < -0.3 is 4.74 Å². The van der Waals surface area contributed by atoms with Crippen molar-refractivity contribution in [3.63, 3.8) is 0 Å². The molecule has 0 saturated carbocycles. The molecular formula is C10H12FO. The first-order valence-corrected chi connectivity index (χ1v) is 3.88. The predicted molar refractivity (Wildman–Crippen MR) is 46.6 cm³/mol. The minimum Gasteiger partial charge on any atom is -0.488 e. The molecule has 0 saturated heterocycles. The number of benzene rings is 1. The van der Waals surface area contributed by atoms with Crippen molar-refractivity contribution in [3.05, 3.63) is 36.5 Å². The van der Waals surface area contributed by atoms with Gasteiger partial charge in [-0.25, -0.2) is 4.39 Å². The van der Waals surface area contributed by atoms with E-state index in [-0.39, 0.29) is 17.7 Å². The highest BCUT2D eigenvalue weighted by Crippen LogP contribution is 2.18. The monoisotopic (exact) mass is 167 g/mol. The molecule has 65 valence electrons. The van der Waals surface area contributed by atoms with Crippen LogP contribution < -0.4 is 4.74 Å².